The Morgan fingerprint density at radius 1 is 0.850 bits per heavy atom. The molecular weight excluding hydrogens is 508 g/mol. The van der Waals surface area contributed by atoms with Crippen molar-refractivity contribution in [2.24, 2.45) is 23.5 Å². The maximum Gasteiger partial charge on any atom is 0.245 e. The first-order chi connectivity index (χ1) is 18.5. The molecule has 0 bridgehead atoms. The van der Waals surface area contributed by atoms with Crippen molar-refractivity contribution >= 4 is 11.8 Å². The van der Waals surface area contributed by atoms with E-state index in [4.69, 9.17) is 10.5 Å². The number of carbonyl (C=O) groups is 2. The van der Waals surface area contributed by atoms with Gasteiger partial charge >= 0.3 is 0 Å². The molecule has 0 aromatic carbocycles. The third-order valence-corrected chi connectivity index (χ3v) is 6.94. The van der Waals surface area contributed by atoms with Gasteiger partial charge in [-0.3, -0.25) is 9.59 Å². The lowest BCUT2D eigenvalue weighted by molar-refractivity contribution is -0.125. The fraction of sp³-hybridized carbons (Fsp3) is 0.600. The summed E-state index contributed by atoms with van der Waals surface area (Å²) >= 11 is 0. The van der Waals surface area contributed by atoms with Gasteiger partial charge in [0, 0.05) is 35.1 Å². The highest BCUT2D eigenvalue weighted by atomic mass is 16.5. The second-order valence-corrected chi connectivity index (χ2v) is 11.5. The number of aliphatic hydroxyl groups is 1. The molecule has 0 spiro atoms. The van der Waals surface area contributed by atoms with Gasteiger partial charge in [-0.15, -0.1) is 0 Å². The van der Waals surface area contributed by atoms with Gasteiger partial charge in [-0.2, -0.15) is 0 Å². The van der Waals surface area contributed by atoms with E-state index in [2.05, 4.69) is 59.5 Å². The predicted octanol–water partition coefficient (Wildman–Crippen LogP) is 2.13. The first-order valence-corrected chi connectivity index (χ1v) is 13.9. The summed E-state index contributed by atoms with van der Waals surface area (Å²) < 4.78 is 5.94. The van der Waals surface area contributed by atoms with Crippen LogP contribution in [0.15, 0.2) is 61.4 Å². The van der Waals surface area contributed by atoms with Crippen LogP contribution < -0.4 is 32.3 Å². The van der Waals surface area contributed by atoms with Crippen molar-refractivity contribution < 1.29 is 19.4 Å². The minimum absolute atomic E-state index is 0.0524. The molecule has 0 aromatic heterocycles. The van der Waals surface area contributed by atoms with Gasteiger partial charge in [-0.05, 0) is 25.7 Å². The van der Waals surface area contributed by atoms with Crippen LogP contribution in [0.4, 0.5) is 0 Å². The maximum atomic E-state index is 13.5. The van der Waals surface area contributed by atoms with Gasteiger partial charge in [0.05, 0.1) is 30.8 Å². The van der Waals surface area contributed by atoms with Crippen LogP contribution in [0, 0.1) is 17.8 Å². The molecular formula is C30H52N6O4. The number of ether oxygens (including phenoxy) is 1. The highest BCUT2D eigenvalue weighted by Gasteiger charge is 2.32. The molecule has 7 atom stereocenters. The molecule has 0 aliphatic carbocycles. The topological polar surface area (TPSA) is 150 Å². The van der Waals surface area contributed by atoms with Crippen molar-refractivity contribution in [1.29, 1.82) is 0 Å². The van der Waals surface area contributed by atoms with Crippen molar-refractivity contribution in [2.75, 3.05) is 6.61 Å². The number of hydrogen-bond acceptors (Lipinski definition) is 8. The number of amides is 2. The smallest absolute Gasteiger partial charge is 0.245 e. The summed E-state index contributed by atoms with van der Waals surface area (Å²) in [5.74, 6) is -0.505. The van der Waals surface area contributed by atoms with Crippen LogP contribution in [0.3, 0.4) is 0 Å². The molecule has 1 saturated heterocycles. The van der Waals surface area contributed by atoms with Gasteiger partial charge in [0.25, 0.3) is 0 Å². The summed E-state index contributed by atoms with van der Waals surface area (Å²) in [6.07, 6.45) is -0.867. The molecule has 0 saturated carbocycles. The summed E-state index contributed by atoms with van der Waals surface area (Å²) in [4.78, 5) is 26.9. The van der Waals surface area contributed by atoms with Crippen molar-refractivity contribution in [3.63, 3.8) is 0 Å². The molecule has 2 amide bonds. The Morgan fingerprint density at radius 3 is 1.88 bits per heavy atom. The largest absolute Gasteiger partial charge is 0.496 e. The molecule has 1 fully saturated rings. The summed E-state index contributed by atoms with van der Waals surface area (Å²) in [6.45, 7) is 33.5. The third kappa shape index (κ3) is 10.3. The second-order valence-electron chi connectivity index (χ2n) is 11.5. The minimum atomic E-state index is -1.08. The second kappa shape index (κ2) is 15.4. The van der Waals surface area contributed by atoms with E-state index >= 15 is 0 Å². The van der Waals surface area contributed by atoms with Gasteiger partial charge in [-0.25, -0.2) is 0 Å². The Labute approximate surface area is 240 Å². The number of nitrogens with one attached hydrogen (secondary N) is 5. The molecule has 0 radical (unpaired) electrons. The lowest BCUT2D eigenvalue weighted by atomic mass is 9.97. The molecule has 10 heteroatoms. The fourth-order valence-electron chi connectivity index (χ4n) is 4.17. The van der Waals surface area contributed by atoms with Crippen molar-refractivity contribution in [3.05, 3.63) is 61.4 Å². The van der Waals surface area contributed by atoms with Crippen LogP contribution in [-0.2, 0) is 14.3 Å². The molecule has 1 aliphatic heterocycles. The number of aliphatic hydroxyl groups excluding tert-OH is 1. The van der Waals surface area contributed by atoms with Crippen LogP contribution in [-0.4, -0.2) is 59.8 Å². The molecule has 8 N–H and O–H groups in total. The van der Waals surface area contributed by atoms with E-state index in [9.17, 15) is 14.7 Å². The molecule has 7 unspecified atom stereocenters. The van der Waals surface area contributed by atoms with Crippen molar-refractivity contribution in [2.45, 2.75) is 91.2 Å². The van der Waals surface area contributed by atoms with Gasteiger partial charge < -0.3 is 42.2 Å². The molecule has 1 aliphatic rings. The standard InChI is InChI=1S/C30H52N6O4/c1-15(2)26-22(10)34-28(23(11)37)30(39)35-25(13-18(6)31)21(9)32-20(8)24(12)40-14-17(5)19(7)33-27(16(3)4)29(38)36-26/h15-17,20,23,25-28,32-34,37H,6-7,9-10,12-14,31H2,1-5,8,11H3,(H,35,39)(H,36,38). The Bertz CT molecular complexity index is 973. The van der Waals surface area contributed by atoms with Crippen molar-refractivity contribution in [1.82, 2.24) is 26.6 Å². The normalized spacial score (nSPS) is 29.1. The quantitative estimate of drug-likeness (QED) is 0.270. The number of nitrogens with two attached hydrogens (primary N) is 1. The number of hydrogen-bond donors (Lipinski definition) is 7. The summed E-state index contributed by atoms with van der Waals surface area (Å²) in [5.41, 5.74) is 7.77. The first-order valence-electron chi connectivity index (χ1n) is 13.9. The zero-order valence-corrected chi connectivity index (χ0v) is 25.4. The summed E-state index contributed by atoms with van der Waals surface area (Å²) in [5, 5.41) is 26.0. The van der Waals surface area contributed by atoms with E-state index in [0.29, 0.717) is 35.2 Å². The maximum absolute atomic E-state index is 13.5. The molecule has 0 aromatic rings. The van der Waals surface area contributed by atoms with Crippen LogP contribution in [0.1, 0.15) is 54.9 Å². The molecule has 1 rings (SSSR count). The fourth-order valence-corrected chi connectivity index (χ4v) is 4.17. The van der Waals surface area contributed by atoms with Gasteiger partial charge in [0.15, 0.2) is 0 Å². The van der Waals surface area contributed by atoms with Crippen LogP contribution >= 0.6 is 0 Å². The van der Waals surface area contributed by atoms with E-state index in [1.807, 2.05) is 41.5 Å². The first kappa shape index (κ1) is 34.6. The van der Waals surface area contributed by atoms with Crippen LogP contribution in [0.2, 0.25) is 0 Å². The van der Waals surface area contributed by atoms with E-state index in [1.54, 1.807) is 0 Å². The average Bonchev–Trinajstić information content (AvgIpc) is 2.84. The molecule has 40 heavy (non-hydrogen) atoms. The zero-order valence-electron chi connectivity index (χ0n) is 25.4. The van der Waals surface area contributed by atoms with E-state index in [-0.39, 0.29) is 36.1 Å². The summed E-state index contributed by atoms with van der Waals surface area (Å²) in [6, 6.07) is -3.14. The van der Waals surface area contributed by atoms with Crippen LogP contribution in [0.25, 0.3) is 0 Å². The molecule has 226 valence electrons. The van der Waals surface area contributed by atoms with E-state index in [0.717, 1.165) is 0 Å². The van der Waals surface area contributed by atoms with Gasteiger partial charge in [-0.1, -0.05) is 67.5 Å². The Morgan fingerprint density at radius 2 is 1.38 bits per heavy atom. The Kier molecular flexibility index (Phi) is 13.3. The average molecular weight is 561 g/mol. The van der Waals surface area contributed by atoms with E-state index < -0.39 is 36.2 Å². The predicted molar refractivity (Wildman–Crippen MR) is 161 cm³/mol. The Balaban J connectivity index is 3.47. The van der Waals surface area contributed by atoms with Crippen molar-refractivity contribution in [3.8, 4) is 0 Å². The lowest BCUT2D eigenvalue weighted by Gasteiger charge is -2.33. The van der Waals surface area contributed by atoms with E-state index in [1.165, 1.54) is 6.92 Å². The number of carbonyl (C=O) groups excluding carboxylic acids is 2. The molecule has 1 heterocycles. The molecule has 10 nitrogen and oxygen atoms in total. The van der Waals surface area contributed by atoms with Crippen LogP contribution in [0.5, 0.6) is 0 Å². The third-order valence-electron chi connectivity index (χ3n) is 6.94. The highest BCUT2D eigenvalue weighted by Crippen LogP contribution is 2.17. The zero-order chi connectivity index (χ0) is 30.9. The summed E-state index contributed by atoms with van der Waals surface area (Å²) in [7, 11) is 0. The lowest BCUT2D eigenvalue weighted by Crippen LogP contribution is -2.57. The SMILES string of the molecule is C=C(N)CC1NC(=O)C(C(C)O)NC(=C)C(C(C)C)NC(=O)C(C(C)C)NC(=C)C(C)COC(=C)C(C)NC1=C. The Hall–Kier alpha value is -3.40. The van der Waals surface area contributed by atoms with Gasteiger partial charge in [0.1, 0.15) is 17.8 Å². The van der Waals surface area contributed by atoms with Gasteiger partial charge in [0.2, 0.25) is 11.8 Å². The monoisotopic (exact) mass is 560 g/mol. The highest BCUT2D eigenvalue weighted by molar-refractivity contribution is 5.84. The number of rotatable bonds is 5. The minimum Gasteiger partial charge on any atom is -0.496 e.